The van der Waals surface area contributed by atoms with Crippen LogP contribution in [0.15, 0.2) is 24.3 Å². The highest BCUT2D eigenvalue weighted by molar-refractivity contribution is 5.31. The molecule has 1 aromatic carbocycles. The summed E-state index contributed by atoms with van der Waals surface area (Å²) in [4.78, 5) is 0. The molecular weight excluding hydrogens is 252 g/mol. The second-order valence-corrected chi connectivity index (χ2v) is 5.02. The van der Waals surface area contributed by atoms with Crippen LogP contribution in [-0.4, -0.2) is 25.9 Å². The fourth-order valence-corrected chi connectivity index (χ4v) is 2.27. The standard InChI is InChI=1S/C16H22N2O2/c1-2-9-19-14-7-5-13(6-8-14)16(11-17)18-12-15-4-3-10-20-15/h5-8,15-16,18H,2-4,9-10,12H2,1H3. The Balaban J connectivity index is 1.88. The fraction of sp³-hybridized carbons (Fsp3) is 0.562. The average Bonchev–Trinajstić information content (AvgIpc) is 3.00. The van der Waals surface area contributed by atoms with E-state index < -0.39 is 0 Å². The van der Waals surface area contributed by atoms with Crippen molar-refractivity contribution in [3.05, 3.63) is 29.8 Å². The Labute approximate surface area is 120 Å². The van der Waals surface area contributed by atoms with Crippen molar-refractivity contribution in [3.8, 4) is 11.8 Å². The second-order valence-electron chi connectivity index (χ2n) is 5.02. The maximum absolute atomic E-state index is 9.28. The van der Waals surface area contributed by atoms with Crippen LogP contribution in [0.2, 0.25) is 0 Å². The van der Waals surface area contributed by atoms with Gasteiger partial charge in [-0.3, -0.25) is 5.32 Å². The molecule has 1 aromatic rings. The van der Waals surface area contributed by atoms with E-state index in [4.69, 9.17) is 9.47 Å². The first-order valence-corrected chi connectivity index (χ1v) is 7.31. The van der Waals surface area contributed by atoms with Crippen LogP contribution >= 0.6 is 0 Å². The average molecular weight is 274 g/mol. The van der Waals surface area contributed by atoms with Crippen molar-refractivity contribution >= 4 is 0 Å². The van der Waals surface area contributed by atoms with Gasteiger partial charge >= 0.3 is 0 Å². The third-order valence-corrected chi connectivity index (χ3v) is 3.39. The maximum atomic E-state index is 9.28. The maximum Gasteiger partial charge on any atom is 0.121 e. The van der Waals surface area contributed by atoms with E-state index in [1.807, 2.05) is 24.3 Å². The Kier molecular flexibility index (Phi) is 5.85. The van der Waals surface area contributed by atoms with Crippen molar-refractivity contribution < 1.29 is 9.47 Å². The van der Waals surface area contributed by atoms with Gasteiger partial charge < -0.3 is 9.47 Å². The van der Waals surface area contributed by atoms with Gasteiger partial charge in [0.05, 0.1) is 18.8 Å². The first kappa shape index (κ1) is 14.8. The smallest absolute Gasteiger partial charge is 0.121 e. The van der Waals surface area contributed by atoms with E-state index in [-0.39, 0.29) is 12.1 Å². The zero-order valence-electron chi connectivity index (χ0n) is 12.0. The van der Waals surface area contributed by atoms with Crippen molar-refractivity contribution in [2.45, 2.75) is 38.3 Å². The van der Waals surface area contributed by atoms with E-state index in [2.05, 4.69) is 18.3 Å². The molecule has 20 heavy (non-hydrogen) atoms. The molecule has 1 heterocycles. The molecule has 0 bridgehead atoms. The third kappa shape index (κ3) is 4.22. The van der Waals surface area contributed by atoms with Crippen LogP contribution in [0.4, 0.5) is 0 Å². The SMILES string of the molecule is CCCOc1ccc(C(C#N)NCC2CCCO2)cc1. The Bertz CT molecular complexity index is 433. The number of benzene rings is 1. The van der Waals surface area contributed by atoms with Crippen molar-refractivity contribution in [3.63, 3.8) is 0 Å². The van der Waals surface area contributed by atoms with E-state index in [1.54, 1.807) is 0 Å². The number of ether oxygens (including phenoxy) is 2. The number of nitrogens with one attached hydrogen (secondary N) is 1. The summed E-state index contributed by atoms with van der Waals surface area (Å²) in [6.07, 6.45) is 3.44. The zero-order valence-corrected chi connectivity index (χ0v) is 12.0. The molecule has 1 aliphatic rings. The summed E-state index contributed by atoms with van der Waals surface area (Å²) in [5.74, 6) is 0.853. The molecule has 0 amide bonds. The van der Waals surface area contributed by atoms with Gasteiger partial charge in [-0.05, 0) is 37.0 Å². The molecule has 2 rings (SSSR count). The molecule has 2 atom stereocenters. The summed E-state index contributed by atoms with van der Waals surface area (Å²) in [5, 5.41) is 12.5. The predicted molar refractivity (Wildman–Crippen MR) is 77.6 cm³/mol. The minimum Gasteiger partial charge on any atom is -0.494 e. The number of nitriles is 1. The van der Waals surface area contributed by atoms with Gasteiger partial charge in [-0.2, -0.15) is 5.26 Å². The quantitative estimate of drug-likeness (QED) is 0.830. The Hall–Kier alpha value is -1.57. The van der Waals surface area contributed by atoms with Gasteiger partial charge in [0.25, 0.3) is 0 Å². The number of nitrogens with zero attached hydrogens (tertiary/aromatic N) is 1. The number of rotatable bonds is 7. The summed E-state index contributed by atoms with van der Waals surface area (Å²) in [5.41, 5.74) is 0.967. The molecule has 0 spiro atoms. The summed E-state index contributed by atoms with van der Waals surface area (Å²) < 4.78 is 11.1. The molecule has 1 saturated heterocycles. The van der Waals surface area contributed by atoms with E-state index in [9.17, 15) is 5.26 Å². The second kappa shape index (κ2) is 7.88. The van der Waals surface area contributed by atoms with E-state index in [0.29, 0.717) is 0 Å². The monoisotopic (exact) mass is 274 g/mol. The molecule has 4 heteroatoms. The van der Waals surface area contributed by atoms with Crippen LogP contribution in [0.5, 0.6) is 5.75 Å². The number of hydrogen-bond donors (Lipinski definition) is 1. The lowest BCUT2D eigenvalue weighted by molar-refractivity contribution is 0.109. The highest BCUT2D eigenvalue weighted by Gasteiger charge is 2.18. The molecule has 108 valence electrons. The van der Waals surface area contributed by atoms with Gasteiger partial charge in [0.2, 0.25) is 0 Å². The first-order valence-electron chi connectivity index (χ1n) is 7.31. The van der Waals surface area contributed by atoms with Gasteiger partial charge in [0.15, 0.2) is 0 Å². The van der Waals surface area contributed by atoms with Crippen LogP contribution in [0, 0.1) is 11.3 Å². The minimum absolute atomic E-state index is 0.248. The molecule has 1 aliphatic heterocycles. The topological polar surface area (TPSA) is 54.3 Å². The Morgan fingerprint density at radius 1 is 1.45 bits per heavy atom. The van der Waals surface area contributed by atoms with Crippen molar-refractivity contribution in [1.82, 2.24) is 5.32 Å². The summed E-state index contributed by atoms with van der Waals surface area (Å²) in [6, 6.07) is 9.74. The highest BCUT2D eigenvalue weighted by Crippen LogP contribution is 2.19. The first-order chi connectivity index (χ1) is 9.83. The van der Waals surface area contributed by atoms with E-state index in [0.717, 1.165) is 50.3 Å². The largest absolute Gasteiger partial charge is 0.494 e. The number of hydrogen-bond acceptors (Lipinski definition) is 4. The molecular formula is C16H22N2O2. The van der Waals surface area contributed by atoms with Crippen LogP contribution in [-0.2, 0) is 4.74 Å². The van der Waals surface area contributed by atoms with Crippen LogP contribution in [0.25, 0.3) is 0 Å². The van der Waals surface area contributed by atoms with Gasteiger partial charge in [-0.15, -0.1) is 0 Å². The molecule has 0 aromatic heterocycles. The third-order valence-electron chi connectivity index (χ3n) is 3.39. The molecule has 1 N–H and O–H groups in total. The van der Waals surface area contributed by atoms with Crippen molar-refractivity contribution in [2.24, 2.45) is 0 Å². The molecule has 1 fully saturated rings. The van der Waals surface area contributed by atoms with Crippen molar-refractivity contribution in [1.29, 1.82) is 5.26 Å². The molecule has 0 saturated carbocycles. The van der Waals surface area contributed by atoms with Gasteiger partial charge in [-0.25, -0.2) is 0 Å². The van der Waals surface area contributed by atoms with E-state index >= 15 is 0 Å². The minimum atomic E-state index is -0.292. The van der Waals surface area contributed by atoms with Gasteiger partial charge in [0, 0.05) is 13.2 Å². The zero-order chi connectivity index (χ0) is 14.2. The predicted octanol–water partition coefficient (Wildman–Crippen LogP) is 2.81. The lowest BCUT2D eigenvalue weighted by Gasteiger charge is -2.15. The normalized spacial score (nSPS) is 19.5. The summed E-state index contributed by atoms with van der Waals surface area (Å²) in [7, 11) is 0. The molecule has 4 nitrogen and oxygen atoms in total. The molecule has 0 aliphatic carbocycles. The van der Waals surface area contributed by atoms with Crippen LogP contribution in [0.1, 0.15) is 37.8 Å². The summed E-state index contributed by atoms with van der Waals surface area (Å²) in [6.45, 7) is 4.37. The van der Waals surface area contributed by atoms with Gasteiger partial charge in [0.1, 0.15) is 11.8 Å². The van der Waals surface area contributed by atoms with Crippen LogP contribution < -0.4 is 10.1 Å². The fourth-order valence-electron chi connectivity index (χ4n) is 2.27. The Morgan fingerprint density at radius 3 is 2.85 bits per heavy atom. The lowest BCUT2D eigenvalue weighted by Crippen LogP contribution is -2.29. The Morgan fingerprint density at radius 2 is 2.25 bits per heavy atom. The van der Waals surface area contributed by atoms with Crippen LogP contribution in [0.3, 0.4) is 0 Å². The lowest BCUT2D eigenvalue weighted by atomic mass is 10.1. The molecule has 2 unspecified atom stereocenters. The summed E-state index contributed by atoms with van der Waals surface area (Å²) >= 11 is 0. The highest BCUT2D eigenvalue weighted by atomic mass is 16.5. The van der Waals surface area contributed by atoms with Crippen molar-refractivity contribution in [2.75, 3.05) is 19.8 Å². The van der Waals surface area contributed by atoms with Gasteiger partial charge in [-0.1, -0.05) is 19.1 Å². The van der Waals surface area contributed by atoms with E-state index in [1.165, 1.54) is 0 Å². The molecule has 0 radical (unpaired) electrons.